The van der Waals surface area contributed by atoms with Crippen molar-refractivity contribution in [1.82, 2.24) is 24.5 Å². The normalized spacial score (nSPS) is 19.5. The number of esters is 2. The van der Waals surface area contributed by atoms with Crippen LogP contribution in [0.25, 0.3) is 0 Å². The highest BCUT2D eigenvalue weighted by Crippen LogP contribution is 2.30. The average molecular weight is 981 g/mol. The number of carbonyl (C=O) groups is 7. The van der Waals surface area contributed by atoms with Crippen LogP contribution in [0.4, 0.5) is 15.3 Å². The van der Waals surface area contributed by atoms with E-state index in [1.165, 1.54) is 9.80 Å². The number of aryl methyl sites for hydroxylation is 2. The number of anilines is 1. The van der Waals surface area contributed by atoms with Crippen LogP contribution < -0.4 is 15.0 Å². The second-order valence-electron chi connectivity index (χ2n) is 19.7. The number of amides is 6. The van der Waals surface area contributed by atoms with Crippen molar-refractivity contribution in [2.45, 2.75) is 89.5 Å². The standard InChI is InChI=1S/C53H69N7O11/c1-36-30-39(31-37(2)47(36)68-33-38-12-8-7-9-13-38)32-44(71-52(67)58-23-19-42(20-24-58)60-27-18-40-14-10-11-15-43(40)54-51(60)66)48(63)57-28-21-53(22-29-57,50(65)70-35-46(62)56(5)6)59-25-16-41(17-26-59)49(64)69-34-45(61)55(3)4/h7-15,30-31,41-42,44H,16-29,32-35H2,1-6H3,(H,54,66)/p+1/t44-/m1/s1. The molecule has 18 nitrogen and oxygen atoms in total. The van der Waals surface area contributed by atoms with E-state index in [0.717, 1.165) is 44.2 Å². The lowest BCUT2D eigenvalue weighted by molar-refractivity contribution is -0.949. The SMILES string of the molecule is Cc1cc(C[C@@H](OC(=O)N2CCC(N3CCc4ccccc4NC3=O)CC2)C(=O)N2CCC(C(=O)OCC(=O)N(C)C)([NH+]3CCC(C(=O)OCC(=O)N(C)C)CC3)CC2)cc(C)c1OCc1ccccc1. The molecule has 6 amide bonds. The smallest absolute Gasteiger partial charge is 0.410 e. The Labute approximate surface area is 416 Å². The Morgan fingerprint density at radius 1 is 0.746 bits per heavy atom. The zero-order valence-electron chi connectivity index (χ0n) is 42.0. The topological polar surface area (TPSA) is 189 Å². The van der Waals surface area contributed by atoms with Gasteiger partial charge in [0.1, 0.15) is 12.4 Å². The number of quaternary nitrogens is 1. The fourth-order valence-corrected chi connectivity index (χ4v) is 10.3. The number of para-hydroxylation sites is 1. The summed E-state index contributed by atoms with van der Waals surface area (Å²) in [7, 11) is 6.33. The number of likely N-dealkylation sites (N-methyl/N-ethyl adjacent to an activating group) is 2. The highest BCUT2D eigenvalue weighted by Gasteiger charge is 2.54. The number of carbonyl (C=O) groups excluding carboxylic acids is 7. The number of piperidine rings is 3. The van der Waals surface area contributed by atoms with Gasteiger partial charge in [0.2, 0.25) is 0 Å². The predicted octanol–water partition coefficient (Wildman–Crippen LogP) is 3.40. The fourth-order valence-electron chi connectivity index (χ4n) is 10.3. The number of benzene rings is 3. The van der Waals surface area contributed by atoms with E-state index in [0.29, 0.717) is 71.4 Å². The molecule has 3 aromatic rings. The molecule has 2 N–H and O–H groups in total. The quantitative estimate of drug-likeness (QED) is 0.168. The third-order valence-corrected chi connectivity index (χ3v) is 14.6. The number of nitrogens with zero attached hydrogens (tertiary/aromatic N) is 5. The zero-order chi connectivity index (χ0) is 50.8. The summed E-state index contributed by atoms with van der Waals surface area (Å²) in [5, 5.41) is 3.04. The van der Waals surface area contributed by atoms with Crippen LogP contribution in [0, 0.1) is 19.8 Å². The summed E-state index contributed by atoms with van der Waals surface area (Å²) < 4.78 is 23.5. The monoisotopic (exact) mass is 981 g/mol. The molecule has 0 radical (unpaired) electrons. The lowest BCUT2D eigenvalue weighted by Gasteiger charge is -2.46. The molecule has 0 aliphatic carbocycles. The van der Waals surface area contributed by atoms with Crippen LogP contribution in [-0.4, -0.2) is 171 Å². The van der Waals surface area contributed by atoms with Gasteiger partial charge in [-0.25, -0.2) is 14.4 Å². The van der Waals surface area contributed by atoms with E-state index < -0.39 is 48.1 Å². The Kier molecular flexibility index (Phi) is 17.2. The highest BCUT2D eigenvalue weighted by atomic mass is 16.6. The molecule has 0 spiro atoms. The van der Waals surface area contributed by atoms with Crippen LogP contribution in [0.1, 0.15) is 66.3 Å². The van der Waals surface area contributed by atoms with Crippen molar-refractivity contribution in [3.63, 3.8) is 0 Å². The maximum Gasteiger partial charge on any atom is 0.410 e. The minimum atomic E-state index is -1.21. The van der Waals surface area contributed by atoms with E-state index in [4.69, 9.17) is 18.9 Å². The number of hydrogen-bond donors (Lipinski definition) is 2. The van der Waals surface area contributed by atoms with Gasteiger partial charge in [-0.2, -0.15) is 0 Å². The van der Waals surface area contributed by atoms with Gasteiger partial charge in [-0.1, -0.05) is 60.7 Å². The summed E-state index contributed by atoms with van der Waals surface area (Å²) in [4.78, 5) is 103. The Balaban J connectivity index is 1.06. The molecular weight excluding hydrogens is 911 g/mol. The van der Waals surface area contributed by atoms with Crippen molar-refractivity contribution in [1.29, 1.82) is 0 Å². The highest BCUT2D eigenvalue weighted by molar-refractivity contribution is 5.91. The third kappa shape index (κ3) is 12.8. The molecule has 18 heteroatoms. The van der Waals surface area contributed by atoms with Crippen LogP contribution in [-0.2, 0) is 57.6 Å². The van der Waals surface area contributed by atoms with Crippen molar-refractivity contribution in [3.05, 3.63) is 94.5 Å². The lowest BCUT2D eigenvalue weighted by Crippen LogP contribution is -3.22. The number of nitrogens with one attached hydrogen (secondary N) is 2. The van der Waals surface area contributed by atoms with E-state index in [1.54, 1.807) is 38.0 Å². The second kappa shape index (κ2) is 23.5. The first-order chi connectivity index (χ1) is 34.0. The van der Waals surface area contributed by atoms with Gasteiger partial charge in [0.15, 0.2) is 24.9 Å². The van der Waals surface area contributed by atoms with E-state index in [1.807, 2.05) is 85.5 Å². The third-order valence-electron chi connectivity index (χ3n) is 14.6. The van der Waals surface area contributed by atoms with Crippen molar-refractivity contribution in [2.24, 2.45) is 5.92 Å². The average Bonchev–Trinajstić information content (AvgIpc) is 3.54. The number of hydrogen-bond acceptors (Lipinski definition) is 11. The zero-order valence-corrected chi connectivity index (χ0v) is 42.0. The Morgan fingerprint density at radius 3 is 1.99 bits per heavy atom. The summed E-state index contributed by atoms with van der Waals surface area (Å²) in [6, 6.07) is 21.3. The minimum Gasteiger partial charge on any atom is -0.488 e. The first-order valence-corrected chi connectivity index (χ1v) is 24.8. The summed E-state index contributed by atoms with van der Waals surface area (Å²) in [5.41, 5.74) is 4.30. The number of ether oxygens (including phenoxy) is 4. The van der Waals surface area contributed by atoms with Gasteiger partial charge in [-0.15, -0.1) is 0 Å². The molecular formula is C53H70N7O11+. The largest absolute Gasteiger partial charge is 0.488 e. The lowest BCUT2D eigenvalue weighted by atomic mass is 9.82. The Bertz CT molecular complexity index is 2380. The summed E-state index contributed by atoms with van der Waals surface area (Å²) in [6.45, 7) is 5.84. The van der Waals surface area contributed by atoms with Crippen molar-refractivity contribution in [2.75, 3.05) is 92.5 Å². The van der Waals surface area contributed by atoms with Gasteiger partial charge in [0.05, 0.1) is 19.0 Å². The van der Waals surface area contributed by atoms with E-state index in [2.05, 4.69) is 5.32 Å². The maximum absolute atomic E-state index is 14.9. The molecule has 0 bridgehead atoms. The summed E-state index contributed by atoms with van der Waals surface area (Å²) in [5.74, 6) is -1.84. The second-order valence-corrected chi connectivity index (χ2v) is 19.7. The molecule has 382 valence electrons. The molecule has 4 aliphatic heterocycles. The van der Waals surface area contributed by atoms with Gasteiger partial charge in [0.25, 0.3) is 17.7 Å². The molecule has 71 heavy (non-hydrogen) atoms. The molecule has 1 atom stereocenters. The van der Waals surface area contributed by atoms with E-state index in [9.17, 15) is 33.6 Å². The minimum absolute atomic E-state index is 0.0822. The predicted molar refractivity (Wildman–Crippen MR) is 262 cm³/mol. The maximum atomic E-state index is 14.9. The van der Waals surface area contributed by atoms with Crippen molar-refractivity contribution in [3.8, 4) is 5.75 Å². The molecule has 4 aliphatic rings. The molecule has 4 heterocycles. The van der Waals surface area contributed by atoms with Crippen molar-refractivity contribution < 1.29 is 57.4 Å². The number of fused-ring (bicyclic) bond motifs is 1. The van der Waals surface area contributed by atoms with Gasteiger partial charge >= 0.3 is 24.1 Å². The number of likely N-dealkylation sites (tertiary alicyclic amines) is 3. The Hall–Kier alpha value is -6.69. The van der Waals surface area contributed by atoms with Gasteiger partial charge in [-0.3, -0.25) is 19.2 Å². The van der Waals surface area contributed by atoms with E-state index in [-0.39, 0.29) is 62.8 Å². The molecule has 3 fully saturated rings. The number of urea groups is 1. The first kappa shape index (κ1) is 52.1. The molecule has 0 aromatic heterocycles. The van der Waals surface area contributed by atoms with E-state index >= 15 is 0 Å². The fraction of sp³-hybridized carbons (Fsp3) is 0.528. The van der Waals surface area contributed by atoms with Crippen LogP contribution >= 0.6 is 0 Å². The summed E-state index contributed by atoms with van der Waals surface area (Å²) >= 11 is 0. The Morgan fingerprint density at radius 2 is 1.35 bits per heavy atom. The van der Waals surface area contributed by atoms with Gasteiger partial charge < -0.3 is 53.7 Å². The van der Waals surface area contributed by atoms with Gasteiger partial charge in [-0.05, 0) is 67.0 Å². The van der Waals surface area contributed by atoms with Crippen LogP contribution in [0.5, 0.6) is 5.75 Å². The van der Waals surface area contributed by atoms with Crippen LogP contribution in [0.15, 0.2) is 66.7 Å². The van der Waals surface area contributed by atoms with Crippen LogP contribution in [0.2, 0.25) is 0 Å². The molecule has 3 aromatic carbocycles. The molecule has 0 unspecified atom stereocenters. The molecule has 3 saturated heterocycles. The summed E-state index contributed by atoms with van der Waals surface area (Å²) in [6.07, 6.45) is 1.26. The first-order valence-electron chi connectivity index (χ1n) is 24.8. The molecule has 0 saturated carbocycles. The number of rotatable bonds is 15. The van der Waals surface area contributed by atoms with Crippen molar-refractivity contribution >= 4 is 47.5 Å². The molecule has 7 rings (SSSR count). The van der Waals surface area contributed by atoms with Gasteiger partial charge in [0, 0.05) is 105 Å². The van der Waals surface area contributed by atoms with Crippen LogP contribution in [0.3, 0.4) is 0 Å².